The first-order chi connectivity index (χ1) is 8.92. The second kappa shape index (κ2) is 5.79. The van der Waals surface area contributed by atoms with Crippen molar-refractivity contribution >= 4 is 0 Å². The molecule has 1 heterocycles. The SMILES string of the molecule is Oc1ccc(CN2CCN(CC(F)(F)F)CC2)cc1. The van der Waals surface area contributed by atoms with Crippen molar-refractivity contribution in [2.45, 2.75) is 12.7 Å². The Balaban J connectivity index is 1.79. The highest BCUT2D eigenvalue weighted by molar-refractivity contribution is 5.25. The van der Waals surface area contributed by atoms with Gasteiger partial charge >= 0.3 is 6.18 Å². The molecule has 106 valence electrons. The van der Waals surface area contributed by atoms with Crippen LogP contribution in [0.5, 0.6) is 5.75 Å². The van der Waals surface area contributed by atoms with Crippen LogP contribution in [0.2, 0.25) is 0 Å². The van der Waals surface area contributed by atoms with Gasteiger partial charge in [-0.15, -0.1) is 0 Å². The first-order valence-corrected chi connectivity index (χ1v) is 6.22. The third-order valence-corrected chi connectivity index (χ3v) is 3.21. The van der Waals surface area contributed by atoms with E-state index in [2.05, 4.69) is 4.90 Å². The molecular formula is C13H17F3N2O. The minimum absolute atomic E-state index is 0.221. The van der Waals surface area contributed by atoms with E-state index in [1.54, 1.807) is 12.1 Å². The molecule has 3 nitrogen and oxygen atoms in total. The van der Waals surface area contributed by atoms with Crippen LogP contribution in [-0.2, 0) is 6.54 Å². The number of benzene rings is 1. The number of rotatable bonds is 3. The van der Waals surface area contributed by atoms with Gasteiger partial charge in [0, 0.05) is 32.7 Å². The average molecular weight is 274 g/mol. The van der Waals surface area contributed by atoms with Gasteiger partial charge in [0.05, 0.1) is 6.54 Å². The van der Waals surface area contributed by atoms with Crippen molar-refractivity contribution in [3.63, 3.8) is 0 Å². The van der Waals surface area contributed by atoms with E-state index in [4.69, 9.17) is 0 Å². The Morgan fingerprint density at radius 3 is 2.00 bits per heavy atom. The summed E-state index contributed by atoms with van der Waals surface area (Å²) in [6.07, 6.45) is -4.11. The Labute approximate surface area is 110 Å². The number of piperazine rings is 1. The number of aromatic hydroxyl groups is 1. The van der Waals surface area contributed by atoms with Gasteiger partial charge in [0.2, 0.25) is 0 Å². The molecule has 0 radical (unpaired) electrons. The lowest BCUT2D eigenvalue weighted by Crippen LogP contribution is -2.48. The normalized spacial score (nSPS) is 18.7. The molecule has 1 N–H and O–H groups in total. The molecule has 1 aromatic carbocycles. The molecule has 0 amide bonds. The molecule has 0 aliphatic carbocycles. The Hall–Kier alpha value is -1.27. The zero-order chi connectivity index (χ0) is 13.9. The summed E-state index contributed by atoms with van der Waals surface area (Å²) < 4.78 is 36.7. The summed E-state index contributed by atoms with van der Waals surface area (Å²) in [7, 11) is 0. The van der Waals surface area contributed by atoms with E-state index in [9.17, 15) is 18.3 Å². The van der Waals surface area contributed by atoms with Gasteiger partial charge in [0.1, 0.15) is 5.75 Å². The zero-order valence-corrected chi connectivity index (χ0v) is 10.5. The fraction of sp³-hybridized carbons (Fsp3) is 0.538. The van der Waals surface area contributed by atoms with Gasteiger partial charge in [-0.3, -0.25) is 9.80 Å². The van der Waals surface area contributed by atoms with E-state index < -0.39 is 12.7 Å². The van der Waals surface area contributed by atoms with Crippen molar-refractivity contribution in [1.29, 1.82) is 0 Å². The number of halogens is 3. The molecule has 6 heteroatoms. The summed E-state index contributed by atoms with van der Waals surface area (Å²) in [4.78, 5) is 3.56. The van der Waals surface area contributed by atoms with Crippen LogP contribution in [0, 0.1) is 0 Å². The first kappa shape index (κ1) is 14.1. The molecule has 1 saturated heterocycles. The van der Waals surface area contributed by atoms with Gasteiger partial charge in [0.25, 0.3) is 0 Å². The van der Waals surface area contributed by atoms with E-state index in [0.29, 0.717) is 32.7 Å². The quantitative estimate of drug-likeness (QED) is 0.914. The Bertz CT molecular complexity index is 397. The molecule has 0 unspecified atom stereocenters. The van der Waals surface area contributed by atoms with Gasteiger partial charge in [-0.2, -0.15) is 13.2 Å². The number of hydrogen-bond acceptors (Lipinski definition) is 3. The van der Waals surface area contributed by atoms with Gasteiger partial charge in [-0.1, -0.05) is 12.1 Å². The molecule has 0 aromatic heterocycles. The van der Waals surface area contributed by atoms with Crippen molar-refractivity contribution < 1.29 is 18.3 Å². The fourth-order valence-corrected chi connectivity index (χ4v) is 2.22. The molecule has 0 saturated carbocycles. The van der Waals surface area contributed by atoms with E-state index in [1.165, 1.54) is 4.90 Å². The number of phenolic OH excluding ortho intramolecular Hbond substituents is 1. The van der Waals surface area contributed by atoms with Crippen LogP contribution in [0.3, 0.4) is 0 Å². The van der Waals surface area contributed by atoms with Gasteiger partial charge in [-0.25, -0.2) is 0 Å². The molecule has 1 aliphatic rings. The van der Waals surface area contributed by atoms with Crippen molar-refractivity contribution in [3.8, 4) is 5.75 Å². The molecule has 1 aliphatic heterocycles. The lowest BCUT2D eigenvalue weighted by molar-refractivity contribution is -0.149. The average Bonchev–Trinajstić information content (AvgIpc) is 2.33. The second-order valence-electron chi connectivity index (χ2n) is 4.83. The van der Waals surface area contributed by atoms with Gasteiger partial charge < -0.3 is 5.11 Å². The summed E-state index contributed by atoms with van der Waals surface area (Å²) in [5, 5.41) is 9.18. The molecule has 1 fully saturated rings. The lowest BCUT2D eigenvalue weighted by atomic mass is 10.2. The molecule has 1 aromatic rings. The van der Waals surface area contributed by atoms with Crippen LogP contribution < -0.4 is 0 Å². The van der Waals surface area contributed by atoms with Crippen LogP contribution in [0.4, 0.5) is 13.2 Å². The number of hydrogen-bond donors (Lipinski definition) is 1. The molecular weight excluding hydrogens is 257 g/mol. The molecule has 0 bridgehead atoms. The van der Waals surface area contributed by atoms with E-state index in [-0.39, 0.29) is 5.75 Å². The topological polar surface area (TPSA) is 26.7 Å². The molecule has 0 spiro atoms. The third kappa shape index (κ3) is 4.72. The highest BCUT2D eigenvalue weighted by Crippen LogP contribution is 2.18. The Kier molecular flexibility index (Phi) is 4.31. The van der Waals surface area contributed by atoms with E-state index in [0.717, 1.165) is 5.56 Å². The van der Waals surface area contributed by atoms with Gasteiger partial charge in [0.15, 0.2) is 0 Å². The summed E-state index contributed by atoms with van der Waals surface area (Å²) in [6, 6.07) is 6.90. The smallest absolute Gasteiger partial charge is 0.401 e. The summed E-state index contributed by atoms with van der Waals surface area (Å²) in [5.74, 6) is 0.221. The van der Waals surface area contributed by atoms with Crippen LogP contribution >= 0.6 is 0 Å². The van der Waals surface area contributed by atoms with E-state index in [1.807, 2.05) is 12.1 Å². The zero-order valence-electron chi connectivity index (χ0n) is 10.5. The standard InChI is InChI=1S/C13H17F3N2O/c14-13(15,16)10-18-7-5-17(6-8-18)9-11-1-3-12(19)4-2-11/h1-4,19H,5-10H2. The van der Waals surface area contributed by atoms with Crippen LogP contribution in [0.1, 0.15) is 5.56 Å². The maximum absolute atomic E-state index is 12.2. The number of alkyl halides is 3. The van der Waals surface area contributed by atoms with Gasteiger partial charge in [-0.05, 0) is 17.7 Å². The summed E-state index contributed by atoms with van der Waals surface area (Å²) >= 11 is 0. The van der Waals surface area contributed by atoms with Crippen molar-refractivity contribution in [2.24, 2.45) is 0 Å². The highest BCUT2D eigenvalue weighted by Gasteiger charge is 2.31. The van der Waals surface area contributed by atoms with Crippen molar-refractivity contribution in [3.05, 3.63) is 29.8 Å². The molecule has 19 heavy (non-hydrogen) atoms. The van der Waals surface area contributed by atoms with Crippen molar-refractivity contribution in [1.82, 2.24) is 9.80 Å². The van der Waals surface area contributed by atoms with Crippen LogP contribution in [0.25, 0.3) is 0 Å². The largest absolute Gasteiger partial charge is 0.508 e. The highest BCUT2D eigenvalue weighted by atomic mass is 19.4. The van der Waals surface area contributed by atoms with Crippen LogP contribution in [-0.4, -0.2) is 53.8 Å². The molecule has 0 atom stereocenters. The summed E-state index contributed by atoms with van der Waals surface area (Å²) in [6.45, 7) is 2.04. The third-order valence-electron chi connectivity index (χ3n) is 3.21. The molecule has 2 rings (SSSR count). The van der Waals surface area contributed by atoms with Crippen LogP contribution in [0.15, 0.2) is 24.3 Å². The number of nitrogens with zero attached hydrogens (tertiary/aromatic N) is 2. The Morgan fingerprint density at radius 1 is 0.947 bits per heavy atom. The maximum atomic E-state index is 12.2. The van der Waals surface area contributed by atoms with E-state index >= 15 is 0 Å². The summed E-state index contributed by atoms with van der Waals surface area (Å²) in [5.41, 5.74) is 1.06. The second-order valence-corrected chi connectivity index (χ2v) is 4.83. The minimum Gasteiger partial charge on any atom is -0.508 e. The predicted molar refractivity (Wildman–Crippen MR) is 65.9 cm³/mol. The van der Waals surface area contributed by atoms with Crippen molar-refractivity contribution in [2.75, 3.05) is 32.7 Å². The number of phenols is 1. The maximum Gasteiger partial charge on any atom is 0.401 e. The lowest BCUT2D eigenvalue weighted by Gasteiger charge is -2.34. The fourth-order valence-electron chi connectivity index (χ4n) is 2.22. The first-order valence-electron chi connectivity index (χ1n) is 6.22. The Morgan fingerprint density at radius 2 is 1.47 bits per heavy atom. The minimum atomic E-state index is -4.11. The predicted octanol–water partition coefficient (Wildman–Crippen LogP) is 2.07. The monoisotopic (exact) mass is 274 g/mol.